The Balaban J connectivity index is 2.02. The van der Waals surface area contributed by atoms with Gasteiger partial charge in [0.05, 0.1) is 0 Å². The first-order valence-corrected chi connectivity index (χ1v) is 5.49. The Labute approximate surface area is 101 Å². The Morgan fingerprint density at radius 1 is 1.31 bits per heavy atom. The average molecular weight is 282 g/mol. The zero-order valence-corrected chi connectivity index (χ0v) is 9.91. The lowest BCUT2D eigenvalue weighted by molar-refractivity contribution is 0.585. The van der Waals surface area contributed by atoms with E-state index in [2.05, 4.69) is 31.2 Å². The second-order valence-corrected chi connectivity index (χ2v) is 4.13. The summed E-state index contributed by atoms with van der Waals surface area (Å²) in [7, 11) is 0. The topological polar surface area (TPSA) is 37.8 Å². The number of nitrogens with one attached hydrogen (secondary N) is 1. The minimum Gasteiger partial charge on any atom is -0.366 e. The SMILES string of the molecule is Fc1cccc(NCc2cncc(Br)c2)n1. The van der Waals surface area contributed by atoms with Crippen molar-refractivity contribution >= 4 is 21.7 Å². The van der Waals surface area contributed by atoms with Crippen LogP contribution >= 0.6 is 15.9 Å². The second-order valence-electron chi connectivity index (χ2n) is 3.21. The normalized spacial score (nSPS) is 10.1. The molecule has 5 heteroatoms. The van der Waals surface area contributed by atoms with Crippen LogP contribution in [0.15, 0.2) is 41.1 Å². The fraction of sp³-hybridized carbons (Fsp3) is 0.0909. The van der Waals surface area contributed by atoms with E-state index in [1.54, 1.807) is 24.5 Å². The van der Waals surface area contributed by atoms with Crippen LogP contribution in [0.1, 0.15) is 5.56 Å². The molecule has 16 heavy (non-hydrogen) atoms. The third-order valence-electron chi connectivity index (χ3n) is 1.95. The molecule has 0 radical (unpaired) electrons. The van der Waals surface area contributed by atoms with E-state index in [1.165, 1.54) is 6.07 Å². The lowest BCUT2D eigenvalue weighted by Crippen LogP contribution is -2.02. The van der Waals surface area contributed by atoms with Gasteiger partial charge in [-0.3, -0.25) is 4.98 Å². The molecule has 3 nitrogen and oxygen atoms in total. The van der Waals surface area contributed by atoms with Crippen LogP contribution in [-0.2, 0) is 6.54 Å². The standard InChI is InChI=1S/C11H9BrFN3/c12-9-4-8(5-14-7-9)6-15-11-3-1-2-10(13)16-11/h1-5,7H,6H2,(H,15,16). The molecule has 0 saturated carbocycles. The lowest BCUT2D eigenvalue weighted by atomic mass is 10.3. The fourth-order valence-corrected chi connectivity index (χ4v) is 1.66. The number of halogens is 2. The first-order chi connectivity index (χ1) is 7.74. The molecule has 0 aliphatic heterocycles. The number of rotatable bonds is 3. The van der Waals surface area contributed by atoms with Gasteiger partial charge in [-0.25, -0.2) is 4.98 Å². The molecular weight excluding hydrogens is 273 g/mol. The van der Waals surface area contributed by atoms with Crippen LogP contribution in [-0.4, -0.2) is 9.97 Å². The quantitative estimate of drug-likeness (QED) is 0.879. The molecule has 0 amide bonds. The Bertz CT molecular complexity index is 445. The van der Waals surface area contributed by atoms with E-state index < -0.39 is 5.95 Å². The summed E-state index contributed by atoms with van der Waals surface area (Å²) in [5, 5.41) is 3.02. The zero-order chi connectivity index (χ0) is 11.4. The largest absolute Gasteiger partial charge is 0.366 e. The van der Waals surface area contributed by atoms with Crippen molar-refractivity contribution in [1.29, 1.82) is 0 Å². The molecule has 2 rings (SSSR count). The monoisotopic (exact) mass is 281 g/mol. The van der Waals surface area contributed by atoms with E-state index in [0.29, 0.717) is 12.4 Å². The third kappa shape index (κ3) is 3.00. The summed E-state index contributed by atoms with van der Waals surface area (Å²) in [4.78, 5) is 7.73. The van der Waals surface area contributed by atoms with Gasteiger partial charge in [0.1, 0.15) is 5.82 Å². The van der Waals surface area contributed by atoms with E-state index in [9.17, 15) is 4.39 Å². The van der Waals surface area contributed by atoms with Crippen LogP contribution in [0.25, 0.3) is 0 Å². The lowest BCUT2D eigenvalue weighted by Gasteiger charge is -2.05. The number of hydrogen-bond donors (Lipinski definition) is 1. The van der Waals surface area contributed by atoms with Gasteiger partial charge in [0.2, 0.25) is 5.95 Å². The summed E-state index contributed by atoms with van der Waals surface area (Å²) < 4.78 is 13.7. The Morgan fingerprint density at radius 3 is 2.94 bits per heavy atom. The van der Waals surface area contributed by atoms with Gasteiger partial charge in [-0.1, -0.05) is 6.07 Å². The Hall–Kier alpha value is -1.49. The van der Waals surface area contributed by atoms with Crippen LogP contribution in [0, 0.1) is 5.95 Å². The average Bonchev–Trinajstić information content (AvgIpc) is 2.27. The number of anilines is 1. The predicted molar refractivity (Wildman–Crippen MR) is 63.5 cm³/mol. The highest BCUT2D eigenvalue weighted by Gasteiger charge is 1.98. The van der Waals surface area contributed by atoms with Crippen LogP contribution in [0.5, 0.6) is 0 Å². The van der Waals surface area contributed by atoms with Gasteiger partial charge < -0.3 is 5.32 Å². The highest BCUT2D eigenvalue weighted by atomic mass is 79.9. The van der Waals surface area contributed by atoms with Crippen LogP contribution in [0.4, 0.5) is 10.2 Å². The van der Waals surface area contributed by atoms with Gasteiger partial charge in [-0.05, 0) is 39.7 Å². The van der Waals surface area contributed by atoms with Crippen molar-refractivity contribution < 1.29 is 4.39 Å². The smallest absolute Gasteiger partial charge is 0.214 e. The maximum absolute atomic E-state index is 12.8. The molecule has 0 atom stereocenters. The van der Waals surface area contributed by atoms with E-state index in [-0.39, 0.29) is 0 Å². The molecule has 0 aromatic carbocycles. The highest BCUT2D eigenvalue weighted by Crippen LogP contribution is 2.11. The number of aromatic nitrogens is 2. The number of nitrogens with zero attached hydrogens (tertiary/aromatic N) is 2. The van der Waals surface area contributed by atoms with E-state index in [0.717, 1.165) is 10.0 Å². The van der Waals surface area contributed by atoms with Gasteiger partial charge >= 0.3 is 0 Å². The first kappa shape index (κ1) is 11.0. The minimum absolute atomic E-state index is 0.489. The van der Waals surface area contributed by atoms with Crippen LogP contribution in [0.2, 0.25) is 0 Å². The second kappa shape index (κ2) is 5.03. The van der Waals surface area contributed by atoms with Gasteiger partial charge in [0, 0.05) is 23.4 Å². The first-order valence-electron chi connectivity index (χ1n) is 4.70. The molecule has 0 aliphatic carbocycles. The molecule has 82 valence electrons. The van der Waals surface area contributed by atoms with Crippen molar-refractivity contribution in [1.82, 2.24) is 9.97 Å². The number of hydrogen-bond acceptors (Lipinski definition) is 3. The molecule has 0 bridgehead atoms. The number of pyridine rings is 2. The van der Waals surface area contributed by atoms with Crippen molar-refractivity contribution in [3.05, 3.63) is 52.6 Å². The minimum atomic E-state index is -0.489. The van der Waals surface area contributed by atoms with E-state index in [1.807, 2.05) is 6.07 Å². The van der Waals surface area contributed by atoms with Crippen molar-refractivity contribution in [2.75, 3.05) is 5.32 Å². The Morgan fingerprint density at radius 2 is 2.19 bits per heavy atom. The van der Waals surface area contributed by atoms with Gasteiger partial charge in [0.25, 0.3) is 0 Å². The molecule has 1 N–H and O–H groups in total. The van der Waals surface area contributed by atoms with Crippen LogP contribution < -0.4 is 5.32 Å². The summed E-state index contributed by atoms with van der Waals surface area (Å²) in [6.45, 7) is 0.558. The molecule has 0 spiro atoms. The summed E-state index contributed by atoms with van der Waals surface area (Å²) in [6, 6.07) is 6.59. The summed E-state index contributed by atoms with van der Waals surface area (Å²) in [5.74, 6) is 0.0253. The van der Waals surface area contributed by atoms with Crippen molar-refractivity contribution in [3.8, 4) is 0 Å². The van der Waals surface area contributed by atoms with Crippen molar-refractivity contribution in [2.24, 2.45) is 0 Å². The maximum Gasteiger partial charge on any atom is 0.214 e. The van der Waals surface area contributed by atoms with Crippen molar-refractivity contribution in [3.63, 3.8) is 0 Å². The van der Waals surface area contributed by atoms with Gasteiger partial charge in [-0.2, -0.15) is 4.39 Å². The molecule has 2 aromatic rings. The Kier molecular flexibility index (Phi) is 3.46. The molecule has 2 aromatic heterocycles. The van der Waals surface area contributed by atoms with Crippen LogP contribution in [0.3, 0.4) is 0 Å². The van der Waals surface area contributed by atoms with Gasteiger partial charge in [0.15, 0.2) is 0 Å². The molecular formula is C11H9BrFN3. The summed E-state index contributed by atoms with van der Waals surface area (Å²) >= 11 is 3.33. The predicted octanol–water partition coefficient (Wildman–Crippen LogP) is 2.99. The molecule has 0 saturated heterocycles. The van der Waals surface area contributed by atoms with E-state index in [4.69, 9.17) is 0 Å². The summed E-state index contributed by atoms with van der Waals surface area (Å²) in [5.41, 5.74) is 1.00. The van der Waals surface area contributed by atoms with E-state index >= 15 is 0 Å². The highest BCUT2D eigenvalue weighted by molar-refractivity contribution is 9.10. The zero-order valence-electron chi connectivity index (χ0n) is 8.32. The summed E-state index contributed by atoms with van der Waals surface area (Å²) in [6.07, 6.45) is 3.46. The fourth-order valence-electron chi connectivity index (χ4n) is 1.25. The molecule has 0 unspecified atom stereocenters. The molecule has 2 heterocycles. The molecule has 0 aliphatic rings. The van der Waals surface area contributed by atoms with Crippen molar-refractivity contribution in [2.45, 2.75) is 6.54 Å². The third-order valence-corrected chi connectivity index (χ3v) is 2.38. The van der Waals surface area contributed by atoms with Gasteiger partial charge in [-0.15, -0.1) is 0 Å². The maximum atomic E-state index is 12.8. The molecule has 0 fully saturated rings.